The van der Waals surface area contributed by atoms with Crippen LogP contribution in [0, 0.1) is 6.92 Å². The van der Waals surface area contributed by atoms with E-state index in [0.29, 0.717) is 18.0 Å². The summed E-state index contributed by atoms with van der Waals surface area (Å²) in [4.78, 5) is 28.8. The molecule has 0 spiro atoms. The van der Waals surface area contributed by atoms with Gasteiger partial charge in [-0.05, 0) is 13.3 Å². The van der Waals surface area contributed by atoms with E-state index in [1.165, 1.54) is 6.39 Å². The third-order valence-corrected chi connectivity index (χ3v) is 3.18. The summed E-state index contributed by atoms with van der Waals surface area (Å²) in [5, 5.41) is 9.96. The average Bonchev–Trinajstić information content (AvgIpc) is 3.19. The molecule has 26 heavy (non-hydrogen) atoms. The summed E-state index contributed by atoms with van der Waals surface area (Å²) in [6.07, 6.45) is 1.73. The van der Waals surface area contributed by atoms with Gasteiger partial charge in [-0.15, -0.1) is 0 Å². The number of halogens is 3. The van der Waals surface area contributed by atoms with Gasteiger partial charge in [0.05, 0.1) is 0 Å². The monoisotopic (exact) mass is 376 g/mol. The maximum absolute atomic E-state index is 11.8. The first-order valence-electron chi connectivity index (χ1n) is 7.65. The highest BCUT2D eigenvalue weighted by Crippen LogP contribution is 2.13. The Labute approximate surface area is 147 Å². The zero-order valence-corrected chi connectivity index (χ0v) is 14.2. The molecular formula is C15H19F3N4O4. The van der Waals surface area contributed by atoms with Crippen molar-refractivity contribution in [2.24, 2.45) is 0 Å². The summed E-state index contributed by atoms with van der Waals surface area (Å²) in [7, 11) is 0. The normalized spacial score (nSPS) is 10.8. The molecule has 2 heterocycles. The van der Waals surface area contributed by atoms with E-state index in [9.17, 15) is 18.0 Å². The highest BCUT2D eigenvalue weighted by molar-refractivity contribution is 5.92. The summed E-state index contributed by atoms with van der Waals surface area (Å²) in [5.74, 6) is -1.33. The third-order valence-electron chi connectivity index (χ3n) is 3.18. The number of nitrogens with one attached hydrogen (secondary N) is 1. The first kappa shape index (κ1) is 21.2. The molecule has 0 saturated carbocycles. The van der Waals surface area contributed by atoms with Crippen LogP contribution >= 0.6 is 0 Å². The number of aryl methyl sites for hydroxylation is 3. The molecule has 0 aliphatic carbocycles. The molecule has 144 valence electrons. The number of rotatable bonds is 6. The van der Waals surface area contributed by atoms with Crippen molar-refractivity contribution in [3.8, 4) is 0 Å². The van der Waals surface area contributed by atoms with Gasteiger partial charge in [-0.1, -0.05) is 6.92 Å². The zero-order chi connectivity index (χ0) is 19.7. The van der Waals surface area contributed by atoms with Crippen LogP contribution in [-0.4, -0.2) is 44.2 Å². The second-order valence-electron chi connectivity index (χ2n) is 5.06. The van der Waals surface area contributed by atoms with E-state index in [-0.39, 0.29) is 5.91 Å². The first-order chi connectivity index (χ1) is 12.2. The number of carbonyl (C=O) groups excluding carboxylic acids is 1. The van der Waals surface area contributed by atoms with E-state index < -0.39 is 12.1 Å². The predicted octanol–water partition coefficient (Wildman–Crippen LogP) is 2.20. The summed E-state index contributed by atoms with van der Waals surface area (Å²) >= 11 is 0. The topological polar surface area (TPSA) is 110 Å². The van der Waals surface area contributed by atoms with Crippen LogP contribution in [0.4, 0.5) is 13.2 Å². The van der Waals surface area contributed by atoms with Gasteiger partial charge in [0, 0.05) is 31.9 Å². The molecule has 0 fully saturated rings. The molecule has 0 saturated heterocycles. The summed E-state index contributed by atoms with van der Waals surface area (Å²) in [6.45, 7) is 5.25. The van der Waals surface area contributed by atoms with E-state index in [0.717, 1.165) is 25.2 Å². The fourth-order valence-corrected chi connectivity index (χ4v) is 1.92. The minimum Gasteiger partial charge on any atom is -0.475 e. The van der Waals surface area contributed by atoms with Crippen LogP contribution in [0.3, 0.4) is 0 Å². The molecule has 2 aromatic heterocycles. The molecule has 0 bridgehead atoms. The number of oxazole rings is 1. The van der Waals surface area contributed by atoms with E-state index in [4.69, 9.17) is 14.3 Å². The molecular weight excluding hydrogens is 357 g/mol. The van der Waals surface area contributed by atoms with Crippen molar-refractivity contribution in [1.82, 2.24) is 19.9 Å². The molecule has 2 rings (SSSR count). The molecule has 0 unspecified atom stereocenters. The van der Waals surface area contributed by atoms with Crippen molar-refractivity contribution in [3.05, 3.63) is 36.1 Å². The van der Waals surface area contributed by atoms with Crippen molar-refractivity contribution in [3.63, 3.8) is 0 Å². The Hall–Kier alpha value is -2.85. The lowest BCUT2D eigenvalue weighted by Gasteiger charge is -2.07. The van der Waals surface area contributed by atoms with Crippen molar-refractivity contribution in [2.75, 3.05) is 6.54 Å². The number of aromatic nitrogens is 3. The zero-order valence-electron chi connectivity index (χ0n) is 14.2. The number of hydrogen-bond acceptors (Lipinski definition) is 5. The summed E-state index contributed by atoms with van der Waals surface area (Å²) in [5.41, 5.74) is 0.358. The lowest BCUT2D eigenvalue weighted by Crippen LogP contribution is -2.26. The lowest BCUT2D eigenvalue weighted by atomic mass is 10.3. The second-order valence-corrected chi connectivity index (χ2v) is 5.06. The van der Waals surface area contributed by atoms with E-state index in [1.807, 2.05) is 6.20 Å². The smallest absolute Gasteiger partial charge is 0.475 e. The number of aliphatic carboxylic acids is 1. The number of alkyl halides is 3. The standard InChI is InChI=1S/C13H18N4O2.C2HF3O2/c1-3-11-14-6-8-17(11)7-4-5-15-13(18)12-10(2)19-9-16-12;3-2(4,5)1(6)7/h6,8-9H,3-5,7H2,1-2H3,(H,15,18);(H,6,7). The van der Waals surface area contributed by atoms with Gasteiger partial charge in [0.15, 0.2) is 12.1 Å². The number of carboxylic acid groups (broad SMARTS) is 1. The number of amides is 1. The van der Waals surface area contributed by atoms with Crippen molar-refractivity contribution in [2.45, 2.75) is 39.4 Å². The van der Waals surface area contributed by atoms with Crippen LogP contribution in [0.5, 0.6) is 0 Å². The quantitative estimate of drug-likeness (QED) is 0.748. The van der Waals surface area contributed by atoms with Crippen LogP contribution < -0.4 is 5.32 Å². The number of carbonyl (C=O) groups is 2. The summed E-state index contributed by atoms with van der Waals surface area (Å²) in [6, 6.07) is 0. The third kappa shape index (κ3) is 6.57. The molecule has 0 aliphatic heterocycles. The molecule has 2 N–H and O–H groups in total. The molecule has 0 aromatic carbocycles. The minimum absolute atomic E-state index is 0.187. The Morgan fingerprint density at radius 2 is 2.00 bits per heavy atom. The molecule has 2 aromatic rings. The Bertz CT molecular complexity index is 725. The number of imidazole rings is 1. The van der Waals surface area contributed by atoms with E-state index >= 15 is 0 Å². The SMILES string of the molecule is CCc1nccn1CCCNC(=O)c1ncoc1C.O=C(O)C(F)(F)F. The van der Waals surface area contributed by atoms with Gasteiger partial charge in [0.2, 0.25) is 0 Å². The van der Waals surface area contributed by atoms with Crippen LogP contribution in [0.15, 0.2) is 23.2 Å². The Morgan fingerprint density at radius 1 is 1.35 bits per heavy atom. The van der Waals surface area contributed by atoms with Gasteiger partial charge in [0.25, 0.3) is 5.91 Å². The Balaban J connectivity index is 0.000000412. The Morgan fingerprint density at radius 3 is 2.50 bits per heavy atom. The highest BCUT2D eigenvalue weighted by Gasteiger charge is 2.38. The maximum Gasteiger partial charge on any atom is 0.490 e. The molecule has 8 nitrogen and oxygen atoms in total. The fraction of sp³-hybridized carbons (Fsp3) is 0.467. The Kier molecular flexibility index (Phi) is 7.81. The van der Waals surface area contributed by atoms with Gasteiger partial charge in [0.1, 0.15) is 11.6 Å². The average molecular weight is 376 g/mol. The largest absolute Gasteiger partial charge is 0.490 e. The van der Waals surface area contributed by atoms with Crippen molar-refractivity contribution < 1.29 is 32.3 Å². The fourth-order valence-electron chi connectivity index (χ4n) is 1.92. The van der Waals surface area contributed by atoms with Gasteiger partial charge in [-0.2, -0.15) is 13.2 Å². The number of carboxylic acids is 1. The van der Waals surface area contributed by atoms with Crippen LogP contribution in [0.1, 0.15) is 35.4 Å². The van der Waals surface area contributed by atoms with Crippen molar-refractivity contribution in [1.29, 1.82) is 0 Å². The first-order valence-corrected chi connectivity index (χ1v) is 7.65. The van der Waals surface area contributed by atoms with E-state index in [2.05, 4.69) is 26.8 Å². The maximum atomic E-state index is 11.8. The summed E-state index contributed by atoms with van der Waals surface area (Å²) < 4.78 is 38.8. The van der Waals surface area contributed by atoms with Gasteiger partial charge in [-0.3, -0.25) is 4.79 Å². The minimum atomic E-state index is -5.08. The lowest BCUT2D eigenvalue weighted by molar-refractivity contribution is -0.192. The van der Waals surface area contributed by atoms with Crippen LogP contribution in [0.2, 0.25) is 0 Å². The van der Waals surface area contributed by atoms with Crippen LogP contribution in [-0.2, 0) is 17.8 Å². The van der Waals surface area contributed by atoms with Crippen molar-refractivity contribution >= 4 is 11.9 Å². The predicted molar refractivity (Wildman–Crippen MR) is 83.5 cm³/mol. The molecule has 1 amide bonds. The number of nitrogens with zero attached hydrogens (tertiary/aromatic N) is 3. The van der Waals surface area contributed by atoms with Gasteiger partial charge < -0.3 is 19.4 Å². The molecule has 0 atom stereocenters. The second kappa shape index (κ2) is 9.59. The van der Waals surface area contributed by atoms with E-state index in [1.54, 1.807) is 13.1 Å². The van der Waals surface area contributed by atoms with Gasteiger partial charge >= 0.3 is 12.1 Å². The highest BCUT2D eigenvalue weighted by atomic mass is 19.4. The number of hydrogen-bond donors (Lipinski definition) is 2. The van der Waals surface area contributed by atoms with Gasteiger partial charge in [-0.25, -0.2) is 14.8 Å². The molecule has 11 heteroatoms. The molecule has 0 radical (unpaired) electrons. The van der Waals surface area contributed by atoms with Crippen LogP contribution in [0.25, 0.3) is 0 Å². The molecule has 0 aliphatic rings.